The minimum atomic E-state index is -0.611. The van der Waals surface area contributed by atoms with Crippen molar-refractivity contribution in [2.75, 3.05) is 6.61 Å². The molecule has 7 atom stereocenters. The molecule has 4 saturated heterocycles. The van der Waals surface area contributed by atoms with Gasteiger partial charge >= 0.3 is 0 Å². The van der Waals surface area contributed by atoms with Crippen LogP contribution in [0.1, 0.15) is 52.9 Å². The molecule has 0 spiro atoms. The largest absolute Gasteiger partial charge is 0.372 e. The smallest absolute Gasteiger partial charge is 0.190 e. The molecule has 4 aliphatic rings. The molecule has 5 heteroatoms. The highest BCUT2D eigenvalue weighted by Crippen LogP contribution is 2.46. The van der Waals surface area contributed by atoms with Gasteiger partial charge in [0.15, 0.2) is 12.1 Å². The Hall–Kier alpha value is -0.460. The SMILES string of the molecule is C=C1C[C@H](CCCCC)O[C@@H]2[C@H]3O[C@@H]4OC(C)(C)O[C@@H]4[C@H]3OC[C@@H]12. The van der Waals surface area contributed by atoms with Gasteiger partial charge in [-0.25, -0.2) is 0 Å². The van der Waals surface area contributed by atoms with Crippen LogP contribution in [0.25, 0.3) is 0 Å². The second kappa shape index (κ2) is 6.36. The number of unbranched alkanes of at least 4 members (excludes halogenated alkanes) is 2. The van der Waals surface area contributed by atoms with E-state index in [1.165, 1.54) is 24.8 Å². The first-order valence-electron chi connectivity index (χ1n) is 9.44. The highest BCUT2D eigenvalue weighted by atomic mass is 16.8. The van der Waals surface area contributed by atoms with Gasteiger partial charge in [-0.3, -0.25) is 0 Å². The lowest BCUT2D eigenvalue weighted by Gasteiger charge is -2.46. The molecule has 0 saturated carbocycles. The summed E-state index contributed by atoms with van der Waals surface area (Å²) < 4.78 is 30.6. The van der Waals surface area contributed by atoms with Crippen LogP contribution in [0.3, 0.4) is 0 Å². The number of ether oxygens (including phenoxy) is 5. The fraction of sp³-hybridized carbons (Fsp3) is 0.895. The molecule has 0 amide bonds. The Morgan fingerprint density at radius 3 is 2.67 bits per heavy atom. The van der Waals surface area contributed by atoms with Crippen molar-refractivity contribution in [2.24, 2.45) is 5.92 Å². The lowest BCUT2D eigenvalue weighted by molar-refractivity contribution is -0.260. The maximum Gasteiger partial charge on any atom is 0.190 e. The summed E-state index contributed by atoms with van der Waals surface area (Å²) in [7, 11) is 0. The van der Waals surface area contributed by atoms with E-state index in [2.05, 4.69) is 13.5 Å². The average molecular weight is 338 g/mol. The topological polar surface area (TPSA) is 46.2 Å². The first-order valence-corrected chi connectivity index (χ1v) is 9.44. The Labute approximate surface area is 144 Å². The summed E-state index contributed by atoms with van der Waals surface area (Å²) in [6, 6.07) is 0. The first-order chi connectivity index (χ1) is 11.5. The lowest BCUT2D eigenvalue weighted by atomic mass is 9.81. The minimum Gasteiger partial charge on any atom is -0.372 e. The Morgan fingerprint density at radius 2 is 1.88 bits per heavy atom. The van der Waals surface area contributed by atoms with Crippen molar-refractivity contribution in [2.45, 2.75) is 95.5 Å². The number of rotatable bonds is 4. The summed E-state index contributed by atoms with van der Waals surface area (Å²) in [5.41, 5.74) is 1.24. The quantitative estimate of drug-likeness (QED) is 0.582. The van der Waals surface area contributed by atoms with Gasteiger partial charge < -0.3 is 23.7 Å². The van der Waals surface area contributed by atoms with Gasteiger partial charge in [0.25, 0.3) is 0 Å². The van der Waals surface area contributed by atoms with E-state index in [1.54, 1.807) is 0 Å². The number of fused-ring (bicyclic) bond motifs is 5. The van der Waals surface area contributed by atoms with Gasteiger partial charge in [-0.1, -0.05) is 38.3 Å². The van der Waals surface area contributed by atoms with Crippen molar-refractivity contribution in [3.63, 3.8) is 0 Å². The summed E-state index contributed by atoms with van der Waals surface area (Å²) in [6.07, 6.45) is 5.25. The third-order valence-corrected chi connectivity index (χ3v) is 5.71. The van der Waals surface area contributed by atoms with Crippen LogP contribution in [-0.2, 0) is 23.7 Å². The van der Waals surface area contributed by atoms with E-state index in [1.807, 2.05) is 13.8 Å². The molecule has 0 N–H and O–H groups in total. The van der Waals surface area contributed by atoms with Crippen LogP contribution >= 0.6 is 0 Å². The van der Waals surface area contributed by atoms with Gasteiger partial charge in [-0.2, -0.15) is 0 Å². The molecule has 0 aliphatic carbocycles. The van der Waals surface area contributed by atoms with E-state index in [9.17, 15) is 0 Å². The van der Waals surface area contributed by atoms with Gasteiger partial charge in [-0.05, 0) is 26.7 Å². The molecule has 0 bridgehead atoms. The molecule has 4 rings (SSSR count). The van der Waals surface area contributed by atoms with Gasteiger partial charge in [0.1, 0.15) is 18.3 Å². The molecule has 0 radical (unpaired) electrons. The van der Waals surface area contributed by atoms with Crippen LogP contribution in [0.5, 0.6) is 0 Å². The van der Waals surface area contributed by atoms with E-state index < -0.39 is 5.79 Å². The molecule has 4 heterocycles. The van der Waals surface area contributed by atoms with Crippen LogP contribution < -0.4 is 0 Å². The van der Waals surface area contributed by atoms with Crippen molar-refractivity contribution < 1.29 is 23.7 Å². The molecule has 0 aromatic heterocycles. The Morgan fingerprint density at radius 1 is 1.04 bits per heavy atom. The Kier molecular flexibility index (Phi) is 4.50. The van der Waals surface area contributed by atoms with Crippen LogP contribution in [0.15, 0.2) is 12.2 Å². The average Bonchev–Trinajstić information content (AvgIpc) is 2.99. The molecule has 24 heavy (non-hydrogen) atoms. The Balaban J connectivity index is 1.45. The van der Waals surface area contributed by atoms with E-state index in [0.29, 0.717) is 6.61 Å². The van der Waals surface area contributed by atoms with Crippen molar-refractivity contribution in [3.05, 3.63) is 12.2 Å². The van der Waals surface area contributed by atoms with Crippen molar-refractivity contribution in [3.8, 4) is 0 Å². The third-order valence-electron chi connectivity index (χ3n) is 5.71. The van der Waals surface area contributed by atoms with Crippen LogP contribution in [0, 0.1) is 5.92 Å². The monoisotopic (exact) mass is 338 g/mol. The second-order valence-corrected chi connectivity index (χ2v) is 8.05. The summed E-state index contributed by atoms with van der Waals surface area (Å²) in [4.78, 5) is 0. The Bertz CT molecular complexity index is 490. The second-order valence-electron chi connectivity index (χ2n) is 8.05. The van der Waals surface area contributed by atoms with E-state index in [-0.39, 0.29) is 42.7 Å². The fourth-order valence-electron chi connectivity index (χ4n) is 4.53. The maximum absolute atomic E-state index is 6.46. The highest BCUT2D eigenvalue weighted by Gasteiger charge is 2.61. The van der Waals surface area contributed by atoms with Gasteiger partial charge in [0, 0.05) is 5.92 Å². The lowest BCUT2D eigenvalue weighted by Crippen LogP contribution is -2.56. The zero-order chi connectivity index (χ0) is 16.9. The number of hydrogen-bond donors (Lipinski definition) is 0. The molecule has 136 valence electrons. The van der Waals surface area contributed by atoms with Crippen molar-refractivity contribution >= 4 is 0 Å². The number of hydrogen-bond acceptors (Lipinski definition) is 5. The molecule has 0 aromatic carbocycles. The van der Waals surface area contributed by atoms with E-state index in [0.717, 1.165) is 12.8 Å². The third kappa shape index (κ3) is 2.95. The predicted molar refractivity (Wildman–Crippen MR) is 88.5 cm³/mol. The van der Waals surface area contributed by atoms with Crippen molar-refractivity contribution in [1.82, 2.24) is 0 Å². The standard InChI is InChI=1S/C19H30O5/c1-5-6-7-8-12-9-11(2)13-10-20-15-16(14(13)21-12)22-18-17(15)23-19(3,4)24-18/h12-18H,2,5-10H2,1,3-4H3/t12-,13-,14-,15-,16+,17+,18+/m0/s1. The molecule has 4 fully saturated rings. The molecule has 4 aliphatic heterocycles. The molecular formula is C19H30O5. The zero-order valence-electron chi connectivity index (χ0n) is 15.0. The first kappa shape index (κ1) is 17.0. The van der Waals surface area contributed by atoms with E-state index >= 15 is 0 Å². The predicted octanol–water partition coefficient (Wildman–Crippen LogP) is 3.17. The fourth-order valence-corrected chi connectivity index (χ4v) is 4.53. The summed E-state index contributed by atoms with van der Waals surface area (Å²) >= 11 is 0. The maximum atomic E-state index is 6.46. The molecular weight excluding hydrogens is 308 g/mol. The summed E-state index contributed by atoms with van der Waals surface area (Å²) in [6.45, 7) is 11.0. The van der Waals surface area contributed by atoms with Gasteiger partial charge in [0.05, 0.1) is 18.8 Å². The van der Waals surface area contributed by atoms with Crippen LogP contribution in [0.4, 0.5) is 0 Å². The minimum absolute atomic E-state index is 0.0116. The molecule has 5 nitrogen and oxygen atoms in total. The van der Waals surface area contributed by atoms with Crippen molar-refractivity contribution in [1.29, 1.82) is 0 Å². The zero-order valence-corrected chi connectivity index (χ0v) is 15.0. The van der Waals surface area contributed by atoms with Gasteiger partial charge in [0.2, 0.25) is 0 Å². The van der Waals surface area contributed by atoms with Crippen LogP contribution in [0.2, 0.25) is 0 Å². The van der Waals surface area contributed by atoms with Crippen LogP contribution in [-0.4, -0.2) is 49.2 Å². The highest BCUT2D eigenvalue weighted by molar-refractivity contribution is 5.14. The van der Waals surface area contributed by atoms with Gasteiger partial charge in [-0.15, -0.1) is 0 Å². The van der Waals surface area contributed by atoms with E-state index in [4.69, 9.17) is 23.7 Å². The molecule has 0 aromatic rings. The molecule has 0 unspecified atom stereocenters. The normalized spacial score (nSPS) is 46.5. The summed E-state index contributed by atoms with van der Waals surface area (Å²) in [5, 5.41) is 0. The summed E-state index contributed by atoms with van der Waals surface area (Å²) in [5.74, 6) is -0.388.